The van der Waals surface area contributed by atoms with Crippen LogP contribution in [-0.2, 0) is 0 Å². The lowest BCUT2D eigenvalue weighted by Crippen LogP contribution is -2.31. The molecule has 16 heavy (non-hydrogen) atoms. The fourth-order valence-corrected chi connectivity index (χ4v) is 2.26. The van der Waals surface area contributed by atoms with E-state index in [2.05, 4.69) is 5.32 Å². The predicted octanol–water partition coefficient (Wildman–Crippen LogP) is 3.37. The Morgan fingerprint density at radius 3 is 2.62 bits per heavy atom. The first-order valence-corrected chi connectivity index (χ1v) is 6.64. The molecule has 0 aliphatic carbocycles. The van der Waals surface area contributed by atoms with Crippen LogP contribution in [0.5, 0.6) is 0 Å². The Bertz CT molecular complexity index is 344. The second-order valence-corrected chi connectivity index (χ2v) is 4.82. The van der Waals surface area contributed by atoms with E-state index in [0.717, 1.165) is 11.8 Å². The van der Waals surface area contributed by atoms with Crippen molar-refractivity contribution in [2.45, 2.75) is 25.9 Å². The van der Waals surface area contributed by atoms with Crippen LogP contribution in [0.25, 0.3) is 0 Å². The normalized spacial score (nSPS) is 14.8. The Morgan fingerprint density at radius 1 is 1.31 bits per heavy atom. The Labute approximate surface area is 99.6 Å². The smallest absolute Gasteiger partial charge is 0.128 e. The molecule has 0 aliphatic heterocycles. The van der Waals surface area contributed by atoms with E-state index in [1.165, 1.54) is 12.1 Å². The van der Waals surface area contributed by atoms with E-state index in [1.807, 2.05) is 20.1 Å². The van der Waals surface area contributed by atoms with Crippen molar-refractivity contribution in [2.75, 3.05) is 12.0 Å². The molecule has 0 fully saturated rings. The zero-order valence-corrected chi connectivity index (χ0v) is 10.6. The Morgan fingerprint density at radius 2 is 2.00 bits per heavy atom. The van der Waals surface area contributed by atoms with Crippen LogP contribution in [0.1, 0.15) is 25.5 Å². The molecule has 1 rings (SSSR count). The molecule has 2 atom stereocenters. The van der Waals surface area contributed by atoms with Gasteiger partial charge in [0.25, 0.3) is 0 Å². The largest absolute Gasteiger partial charge is 0.307 e. The van der Waals surface area contributed by atoms with Crippen LogP contribution in [0.3, 0.4) is 0 Å². The zero-order chi connectivity index (χ0) is 12.1. The first-order chi connectivity index (χ1) is 7.54. The number of benzene rings is 1. The highest BCUT2D eigenvalue weighted by atomic mass is 32.2. The van der Waals surface area contributed by atoms with Gasteiger partial charge in [-0.05, 0) is 38.3 Å². The molecule has 90 valence electrons. The zero-order valence-electron chi connectivity index (χ0n) is 9.76. The average Bonchev–Trinajstić information content (AvgIpc) is 2.21. The van der Waals surface area contributed by atoms with E-state index < -0.39 is 5.82 Å². The van der Waals surface area contributed by atoms with Gasteiger partial charge in [0.1, 0.15) is 11.6 Å². The summed E-state index contributed by atoms with van der Waals surface area (Å²) in [5.41, 5.74) is 0.382. The summed E-state index contributed by atoms with van der Waals surface area (Å²) in [6.45, 7) is 3.87. The third-order valence-electron chi connectivity index (χ3n) is 2.38. The highest BCUT2D eigenvalue weighted by Crippen LogP contribution is 2.18. The van der Waals surface area contributed by atoms with Crippen LogP contribution in [0, 0.1) is 11.6 Å². The van der Waals surface area contributed by atoms with Crippen molar-refractivity contribution in [1.82, 2.24) is 5.32 Å². The number of hydrogen-bond acceptors (Lipinski definition) is 2. The SMILES string of the molecule is CSCC(C)NC(C)c1cc(F)ccc1F. The number of nitrogens with one attached hydrogen (secondary N) is 1. The maximum Gasteiger partial charge on any atom is 0.128 e. The van der Waals surface area contributed by atoms with Gasteiger partial charge >= 0.3 is 0 Å². The first-order valence-electron chi connectivity index (χ1n) is 5.24. The molecule has 0 aromatic heterocycles. The van der Waals surface area contributed by atoms with E-state index >= 15 is 0 Å². The second kappa shape index (κ2) is 6.21. The monoisotopic (exact) mass is 245 g/mol. The number of halogens is 2. The van der Waals surface area contributed by atoms with Crippen molar-refractivity contribution < 1.29 is 8.78 Å². The van der Waals surface area contributed by atoms with Gasteiger partial charge in [0, 0.05) is 23.4 Å². The van der Waals surface area contributed by atoms with Crippen LogP contribution in [0.2, 0.25) is 0 Å². The molecule has 0 spiro atoms. The molecular weight excluding hydrogens is 228 g/mol. The summed E-state index contributed by atoms with van der Waals surface area (Å²) in [5, 5.41) is 3.24. The first kappa shape index (κ1) is 13.5. The summed E-state index contributed by atoms with van der Waals surface area (Å²) < 4.78 is 26.4. The maximum absolute atomic E-state index is 13.4. The maximum atomic E-state index is 13.4. The molecule has 0 saturated carbocycles. The minimum Gasteiger partial charge on any atom is -0.307 e. The quantitative estimate of drug-likeness (QED) is 0.853. The number of hydrogen-bond donors (Lipinski definition) is 1. The lowest BCUT2D eigenvalue weighted by molar-refractivity contribution is 0.482. The molecule has 4 heteroatoms. The van der Waals surface area contributed by atoms with Gasteiger partial charge in [0.2, 0.25) is 0 Å². The summed E-state index contributed by atoms with van der Waals surface area (Å²) in [5.74, 6) is 0.182. The van der Waals surface area contributed by atoms with Crippen LogP contribution in [-0.4, -0.2) is 18.1 Å². The van der Waals surface area contributed by atoms with Crippen LogP contribution < -0.4 is 5.32 Å². The Balaban J connectivity index is 2.72. The van der Waals surface area contributed by atoms with Crippen LogP contribution in [0.4, 0.5) is 8.78 Å². The summed E-state index contributed by atoms with van der Waals surface area (Å²) in [6, 6.07) is 3.64. The molecule has 0 saturated heterocycles. The molecule has 0 aliphatic rings. The van der Waals surface area contributed by atoms with Gasteiger partial charge in [0.05, 0.1) is 0 Å². The van der Waals surface area contributed by atoms with Crippen molar-refractivity contribution in [1.29, 1.82) is 0 Å². The fourth-order valence-electron chi connectivity index (χ4n) is 1.66. The van der Waals surface area contributed by atoms with Crippen LogP contribution in [0.15, 0.2) is 18.2 Å². The molecule has 1 aromatic rings. The third-order valence-corrected chi connectivity index (χ3v) is 3.21. The molecule has 1 aromatic carbocycles. The van der Waals surface area contributed by atoms with Gasteiger partial charge < -0.3 is 5.32 Å². The summed E-state index contributed by atoms with van der Waals surface area (Å²) in [4.78, 5) is 0. The highest BCUT2D eigenvalue weighted by molar-refractivity contribution is 7.98. The van der Waals surface area contributed by atoms with Gasteiger partial charge in [-0.25, -0.2) is 8.78 Å². The summed E-state index contributed by atoms with van der Waals surface area (Å²) in [6.07, 6.45) is 2.02. The van der Waals surface area contributed by atoms with E-state index in [0.29, 0.717) is 5.56 Å². The van der Waals surface area contributed by atoms with Gasteiger partial charge in [0.15, 0.2) is 0 Å². The summed E-state index contributed by atoms with van der Waals surface area (Å²) in [7, 11) is 0. The van der Waals surface area contributed by atoms with E-state index in [9.17, 15) is 8.78 Å². The number of rotatable bonds is 5. The molecular formula is C12H17F2NS. The molecule has 1 N–H and O–H groups in total. The van der Waals surface area contributed by atoms with E-state index in [-0.39, 0.29) is 17.9 Å². The minimum atomic E-state index is -0.400. The standard InChI is InChI=1S/C12H17F2NS/c1-8(7-16-3)15-9(2)11-6-10(13)4-5-12(11)14/h4-6,8-9,15H,7H2,1-3H3. The minimum absolute atomic E-state index is 0.183. The van der Waals surface area contributed by atoms with Crippen molar-refractivity contribution in [3.8, 4) is 0 Å². The lowest BCUT2D eigenvalue weighted by Gasteiger charge is -2.20. The average molecular weight is 245 g/mol. The van der Waals surface area contributed by atoms with E-state index in [4.69, 9.17) is 0 Å². The molecule has 0 radical (unpaired) electrons. The molecule has 0 amide bonds. The van der Waals surface area contributed by atoms with Gasteiger partial charge in [-0.2, -0.15) is 11.8 Å². The van der Waals surface area contributed by atoms with Crippen LogP contribution >= 0.6 is 11.8 Å². The predicted molar refractivity (Wildman–Crippen MR) is 65.8 cm³/mol. The van der Waals surface area contributed by atoms with Crippen molar-refractivity contribution in [3.05, 3.63) is 35.4 Å². The van der Waals surface area contributed by atoms with Gasteiger partial charge in [-0.15, -0.1) is 0 Å². The lowest BCUT2D eigenvalue weighted by atomic mass is 10.1. The number of thioether (sulfide) groups is 1. The fraction of sp³-hybridized carbons (Fsp3) is 0.500. The van der Waals surface area contributed by atoms with Crippen molar-refractivity contribution >= 4 is 11.8 Å². The molecule has 0 heterocycles. The van der Waals surface area contributed by atoms with Crippen molar-refractivity contribution in [3.63, 3.8) is 0 Å². The van der Waals surface area contributed by atoms with Gasteiger partial charge in [-0.1, -0.05) is 0 Å². The summed E-state index contributed by atoms with van der Waals surface area (Å²) >= 11 is 1.72. The molecule has 1 nitrogen and oxygen atoms in total. The molecule has 2 unspecified atom stereocenters. The molecule has 0 bridgehead atoms. The second-order valence-electron chi connectivity index (χ2n) is 3.91. The highest BCUT2D eigenvalue weighted by Gasteiger charge is 2.13. The Hall–Kier alpha value is -0.610. The van der Waals surface area contributed by atoms with Crippen molar-refractivity contribution in [2.24, 2.45) is 0 Å². The van der Waals surface area contributed by atoms with E-state index in [1.54, 1.807) is 11.8 Å². The Kier molecular flexibility index (Phi) is 5.22. The topological polar surface area (TPSA) is 12.0 Å². The van der Waals surface area contributed by atoms with Gasteiger partial charge in [-0.3, -0.25) is 0 Å². The third kappa shape index (κ3) is 3.76.